The molecule has 3 amide bonds. The van der Waals surface area contributed by atoms with Gasteiger partial charge in [-0.05, 0) is 168 Å². The zero-order valence-electron chi connectivity index (χ0n) is 78.9. The molecule has 4 aliphatic heterocycles. The Balaban J connectivity index is 0.676. The first-order valence-electron chi connectivity index (χ1n) is 46.5. The van der Waals surface area contributed by atoms with Crippen molar-refractivity contribution in [3.05, 3.63) is 119 Å². The molecule has 1 aromatic heterocycles. The Hall–Kier alpha value is -7.92. The molecule has 0 radical (unpaired) electrons. The summed E-state index contributed by atoms with van der Waals surface area (Å²) in [4.78, 5) is 95.3. The van der Waals surface area contributed by atoms with E-state index in [4.69, 9.17) is 76.9 Å². The lowest BCUT2D eigenvalue weighted by Gasteiger charge is -2.43. The molecule has 132 heavy (non-hydrogen) atoms. The number of Topliss-reactive ketones (excluding diaryl/α,β-unsaturated/α-hetero) is 2. The van der Waals surface area contributed by atoms with Gasteiger partial charge in [0.25, 0.3) is 23.5 Å². The van der Waals surface area contributed by atoms with Crippen molar-refractivity contribution in [2.45, 2.75) is 224 Å². The number of aliphatic hydroxyl groups is 4. The second-order valence-corrected chi connectivity index (χ2v) is 37.1. The lowest BCUT2D eigenvalue weighted by molar-refractivity contribution is -0.265. The third-order valence-corrected chi connectivity index (χ3v) is 26.8. The van der Waals surface area contributed by atoms with Crippen molar-refractivity contribution in [1.29, 1.82) is 0 Å². The molecule has 0 unspecified atom stereocenters. The van der Waals surface area contributed by atoms with Gasteiger partial charge < -0.3 is 112 Å². The van der Waals surface area contributed by atoms with Crippen molar-refractivity contribution in [2.24, 2.45) is 40.7 Å². The van der Waals surface area contributed by atoms with Gasteiger partial charge >= 0.3 is 5.97 Å². The fourth-order valence-corrected chi connectivity index (χ4v) is 18.5. The normalized spacial score (nSPS) is 27.3. The molecule has 2 bridgehead atoms. The number of nitrogen functional groups attached to an aromatic ring is 1. The number of amides is 3. The molecule has 0 spiro atoms. The van der Waals surface area contributed by atoms with Gasteiger partial charge in [-0.3, -0.25) is 24.0 Å². The van der Waals surface area contributed by atoms with Crippen molar-refractivity contribution in [3.63, 3.8) is 0 Å². The predicted octanol–water partition coefficient (Wildman–Crippen LogP) is 9.36. The van der Waals surface area contributed by atoms with E-state index in [0.29, 0.717) is 153 Å². The number of ketones is 2. The number of nitrogens with one attached hydrogen (secondary N) is 1. The number of anilines is 1. The van der Waals surface area contributed by atoms with Crippen molar-refractivity contribution < 1.29 is 133 Å². The highest BCUT2D eigenvalue weighted by Crippen LogP contribution is 2.40. The van der Waals surface area contributed by atoms with E-state index in [0.717, 1.165) is 28.3 Å². The highest BCUT2D eigenvalue weighted by Gasteiger charge is 2.53. The van der Waals surface area contributed by atoms with Crippen molar-refractivity contribution in [1.82, 2.24) is 20.1 Å². The summed E-state index contributed by atoms with van der Waals surface area (Å²) < 4.78 is 123. The number of rotatable bonds is 43. The quantitative estimate of drug-likeness (QED) is 0.0101. The number of esters is 1. The molecule has 5 aliphatic rings. The molecule has 33 nitrogen and oxygen atoms in total. The second kappa shape index (κ2) is 57.2. The number of allylic oxidation sites excluding steroid dienone is 5. The number of halogens is 1. The molecule has 8 rings (SSSR count). The van der Waals surface area contributed by atoms with Crippen LogP contribution in [0.25, 0.3) is 11.1 Å². The van der Waals surface area contributed by atoms with Gasteiger partial charge in [0.2, 0.25) is 5.79 Å². The number of aromatic nitrogens is 1. The van der Waals surface area contributed by atoms with Crippen LogP contribution in [0.15, 0.2) is 106 Å². The van der Waals surface area contributed by atoms with Gasteiger partial charge in [0.15, 0.2) is 16.4 Å². The van der Waals surface area contributed by atoms with Crippen LogP contribution < -0.4 is 15.8 Å². The monoisotopic (exact) mass is 1880 g/mol. The number of pyridine rings is 1. The number of hydrogen-bond acceptors (Lipinski definition) is 30. The highest BCUT2D eigenvalue weighted by atomic mass is 32.2. The van der Waals surface area contributed by atoms with Crippen LogP contribution in [0.3, 0.4) is 0 Å². The minimum absolute atomic E-state index is 0.0143. The molecule has 35 heteroatoms. The maximum Gasteiger partial charge on any atom is 0.329 e. The van der Waals surface area contributed by atoms with Gasteiger partial charge in [-0.2, -0.15) is 0 Å². The minimum Gasteiger partial charge on any atom is -0.491 e. The number of piperidine rings is 1. The van der Waals surface area contributed by atoms with E-state index >= 15 is 4.39 Å². The van der Waals surface area contributed by atoms with Gasteiger partial charge in [-0.25, -0.2) is 22.6 Å². The molecule has 3 fully saturated rings. The summed E-state index contributed by atoms with van der Waals surface area (Å²) in [7, 11) is 0.449. The van der Waals surface area contributed by atoms with Crippen molar-refractivity contribution in [2.75, 3.05) is 171 Å². The third kappa shape index (κ3) is 34.7. The summed E-state index contributed by atoms with van der Waals surface area (Å²) >= 11 is 0. The van der Waals surface area contributed by atoms with E-state index in [1.54, 1.807) is 53.3 Å². The average Bonchev–Trinajstić information content (AvgIpc) is 0.821. The first-order valence-corrected chi connectivity index (χ1v) is 48.2. The zero-order chi connectivity index (χ0) is 95.7. The van der Waals surface area contributed by atoms with Gasteiger partial charge in [0.1, 0.15) is 59.0 Å². The van der Waals surface area contributed by atoms with Crippen LogP contribution >= 0.6 is 0 Å². The van der Waals surface area contributed by atoms with Crippen LogP contribution in [0, 0.1) is 48.2 Å². The van der Waals surface area contributed by atoms with Gasteiger partial charge in [0.05, 0.1) is 154 Å². The Morgan fingerprint density at radius 3 is 2.00 bits per heavy atom. The van der Waals surface area contributed by atoms with E-state index in [9.17, 15) is 57.6 Å². The highest BCUT2D eigenvalue weighted by molar-refractivity contribution is 7.91. The number of nitrogens with two attached hydrogens (primary N) is 1. The number of cyclic esters (lactones) is 1. The summed E-state index contributed by atoms with van der Waals surface area (Å²) in [6, 6.07) is 10.4. The Bertz CT molecular complexity index is 4370. The van der Waals surface area contributed by atoms with E-state index in [-0.39, 0.29) is 151 Å². The lowest BCUT2D eigenvalue weighted by Crippen LogP contribution is -2.61. The number of fused-ring (bicyclic) bond motifs is 4. The van der Waals surface area contributed by atoms with Crippen molar-refractivity contribution in [3.8, 4) is 16.9 Å². The van der Waals surface area contributed by atoms with Gasteiger partial charge in [-0.1, -0.05) is 82.3 Å². The largest absolute Gasteiger partial charge is 0.491 e. The first kappa shape index (κ1) is 109. The topological polar surface area (TPSA) is 426 Å². The number of ether oxygens (including phenoxy) is 14. The minimum atomic E-state index is -4.13. The standard InChI is InChI=1S/C97H145FN6O27S/c1-64-18-13-12-14-19-65(2)83(117-9)59-77-26-22-70(7)97(114,131-77)93(110)95(112)104-34-16-15-21-79(104)96(113)130-84(67(4)56-72-23-28-80(106)85(57-72)118-10)60-81(107)66(3)55-69(6)91(109)92(119-11)90(68(5)54-64)102-129-63-88(108)100-33-37-121-40-42-123-44-46-125-48-50-127-52-51-126-49-47-124-45-43-122-41-39-120-36-32-76(105)20-17-53-132(115,116)86-30-27-78(71(8)89(86)98)94(111)103-35-38-128-82-29-24-73(58-75(82)62-103)74-25-31-87(99)101-61-74/h12-14,18-19,24-25,27,29-31,55,58,61,64,66-68,70,72,77,79-81,83-85,91-92,106-107,109,114H,15-17,20-23,26,28,32-54,56-57,59-60,62-63H2,1-11H3,(H2,99,101)(H,100,108)/b14-12+,18-13+,65-19+,69-55+,102-90?/t64-,66-,67-,68-,70-,72+,77+,79+,80-,81-,83+,84+,85-,91-,92+,97-/m1/s1. The predicted molar refractivity (Wildman–Crippen MR) is 490 cm³/mol. The number of aliphatic hydroxyl groups excluding tert-OH is 3. The summed E-state index contributed by atoms with van der Waals surface area (Å²) in [6.07, 6.45) is 11.7. The van der Waals surface area contributed by atoms with Crippen LogP contribution in [0.5, 0.6) is 5.75 Å². The summed E-state index contributed by atoms with van der Waals surface area (Å²) in [6.45, 7) is 19.7. The van der Waals surface area contributed by atoms with Crippen LogP contribution in [-0.4, -0.2) is 311 Å². The van der Waals surface area contributed by atoms with Gasteiger partial charge in [0, 0.05) is 107 Å². The number of hydrogen-bond donors (Lipinski definition) is 6. The van der Waals surface area contributed by atoms with E-state index in [2.05, 4.69) is 15.5 Å². The SMILES string of the molecule is CO[C@H]1C[C@@H]2CC[C@@H](C)[C@@](O)(O2)C(=O)C(=O)N2CCCC[C@H]2C(=O)O[C@H]([C@H](C)C[C@@H]2CC[C@@H](O)[C@H](OC)C2)C[C@@H](O)[C@H](C)/C=C(\C)[C@@H](O)[C@@H](OC)C(=NOCC(=O)NCCOCCOCCOCCOCCOCCOCCOCCOCCC(=O)CCCS(=O)(=O)c2ccc(C(=O)N3CCOc4ccc(-c5ccc(N)nc5)cc4C3)c(C)c2F)[C@H](C)C[C@H](C)/C=C/C=C/C=C/1C. The fourth-order valence-electron chi connectivity index (χ4n) is 17.0. The maximum absolute atomic E-state index is 15.8. The number of sulfone groups is 1. The number of benzene rings is 2. The zero-order valence-corrected chi connectivity index (χ0v) is 79.8. The molecule has 738 valence electrons. The fraction of sp³-hybridized carbons (Fsp3) is 0.670. The summed E-state index contributed by atoms with van der Waals surface area (Å²) in [5.74, 6) is -9.03. The number of methoxy groups -OCH3 is 3. The number of carbonyl (C=O) groups excluding carboxylic acids is 6. The molecule has 1 aliphatic carbocycles. The Kier molecular flexibility index (Phi) is 47.4. The maximum atomic E-state index is 15.8. The molecule has 2 aromatic carbocycles. The summed E-state index contributed by atoms with van der Waals surface area (Å²) in [5.41, 5.74) is 9.74. The smallest absolute Gasteiger partial charge is 0.329 e. The van der Waals surface area contributed by atoms with E-state index in [1.165, 1.54) is 29.9 Å². The van der Waals surface area contributed by atoms with Gasteiger partial charge in [-0.15, -0.1) is 0 Å². The molecule has 7 N–H and O–H groups in total. The molecule has 16 atom stereocenters. The summed E-state index contributed by atoms with van der Waals surface area (Å²) in [5, 5.41) is 54.5. The van der Waals surface area contributed by atoms with Crippen LogP contribution in [-0.2, 0) is 107 Å². The molecule has 1 saturated carbocycles. The van der Waals surface area contributed by atoms with Crippen LogP contribution in [0.1, 0.15) is 166 Å². The Morgan fingerprint density at radius 1 is 0.712 bits per heavy atom. The molecular formula is C97H145FN6O27S. The second-order valence-electron chi connectivity index (χ2n) is 35.1. The number of oxime groups is 1. The number of carbonyl (C=O) groups is 6. The molecule has 5 heterocycles. The van der Waals surface area contributed by atoms with E-state index in [1.807, 2.05) is 82.3 Å². The lowest BCUT2D eigenvalue weighted by atomic mass is 9.78. The van der Waals surface area contributed by atoms with Crippen molar-refractivity contribution >= 4 is 56.6 Å². The molecular weight excluding hydrogens is 1730 g/mol. The Morgan fingerprint density at radius 2 is 1.36 bits per heavy atom. The molecule has 3 aromatic rings. The average molecular weight is 1880 g/mol. The molecule has 2 saturated heterocycles. The first-order chi connectivity index (χ1) is 63.4. The van der Waals surface area contributed by atoms with Crippen LogP contribution in [0.4, 0.5) is 10.2 Å². The number of nitrogens with zero attached hydrogens (tertiary/aromatic N) is 4. The third-order valence-electron chi connectivity index (χ3n) is 25.0. The van der Waals surface area contributed by atoms with E-state index < -0.39 is 129 Å². The van der Waals surface area contributed by atoms with Crippen LogP contribution in [0.2, 0.25) is 0 Å². The Labute approximate surface area is 777 Å².